The van der Waals surface area contributed by atoms with Crippen LogP contribution < -0.4 is 9.80 Å². The van der Waals surface area contributed by atoms with Gasteiger partial charge in [0.15, 0.2) is 0 Å². The molecule has 4 nitrogen and oxygen atoms in total. The Morgan fingerprint density at radius 3 is 1.55 bits per heavy atom. The summed E-state index contributed by atoms with van der Waals surface area (Å²) >= 11 is 0. The minimum atomic E-state index is -0.0249. The van der Waals surface area contributed by atoms with Crippen LogP contribution in [0.25, 0.3) is 54.6 Å². The van der Waals surface area contributed by atoms with Crippen molar-refractivity contribution in [2.24, 2.45) is 0 Å². The van der Waals surface area contributed by atoms with Gasteiger partial charge in [0.05, 0.1) is 35.1 Å². The highest BCUT2D eigenvalue weighted by Crippen LogP contribution is 2.54. The predicted octanol–water partition coefficient (Wildman–Crippen LogP) is 15.2. The summed E-state index contributed by atoms with van der Waals surface area (Å²) in [5.41, 5.74) is 15.3. The predicted molar refractivity (Wildman–Crippen MR) is 252 cm³/mol. The van der Waals surface area contributed by atoms with E-state index in [0.717, 1.165) is 41.3 Å². The number of nitrogens with zero attached hydrogens (tertiary/aromatic N) is 4. The quantitative estimate of drug-likeness (QED) is 0.144. The maximum atomic E-state index is 4.66. The number of aromatic nitrogens is 2. The van der Waals surface area contributed by atoms with Crippen LogP contribution in [0.2, 0.25) is 0 Å². The van der Waals surface area contributed by atoms with Gasteiger partial charge < -0.3 is 9.80 Å². The second kappa shape index (κ2) is 14.2. The molecule has 10 aromatic rings. The minimum absolute atomic E-state index is 0.0249. The normalized spacial score (nSPS) is 13.2. The lowest BCUT2D eigenvalue weighted by Gasteiger charge is -2.37. The number of pyridine rings is 2. The summed E-state index contributed by atoms with van der Waals surface area (Å²) in [6.45, 7) is 7.13. The monoisotopic (exact) mass is 772 g/mol. The molecular formula is C56H44N4. The van der Waals surface area contributed by atoms with Gasteiger partial charge in [0.25, 0.3) is 0 Å². The van der Waals surface area contributed by atoms with E-state index in [1.807, 2.05) is 36.9 Å². The van der Waals surface area contributed by atoms with Crippen LogP contribution in [0.3, 0.4) is 0 Å². The van der Waals surface area contributed by atoms with Gasteiger partial charge in [-0.3, -0.25) is 9.97 Å². The molecule has 288 valence electrons. The van der Waals surface area contributed by atoms with Crippen molar-refractivity contribution in [1.82, 2.24) is 9.97 Å². The highest BCUT2D eigenvalue weighted by Gasteiger charge is 2.33. The molecule has 60 heavy (non-hydrogen) atoms. The van der Waals surface area contributed by atoms with Gasteiger partial charge in [0, 0.05) is 39.9 Å². The van der Waals surface area contributed by atoms with Crippen molar-refractivity contribution < 1.29 is 0 Å². The van der Waals surface area contributed by atoms with E-state index in [1.165, 1.54) is 76.9 Å². The van der Waals surface area contributed by atoms with E-state index in [2.05, 4.69) is 192 Å². The maximum Gasteiger partial charge on any atom is 0.0645 e. The summed E-state index contributed by atoms with van der Waals surface area (Å²) in [6, 6.07) is 59.7. The number of anilines is 6. The van der Waals surface area contributed by atoms with Crippen molar-refractivity contribution in [1.29, 1.82) is 0 Å². The lowest BCUT2D eigenvalue weighted by Crippen LogP contribution is -2.24. The summed E-state index contributed by atoms with van der Waals surface area (Å²) in [6.07, 6.45) is 9.76. The van der Waals surface area contributed by atoms with Crippen LogP contribution >= 0.6 is 0 Å². The van der Waals surface area contributed by atoms with Crippen LogP contribution in [0.1, 0.15) is 37.0 Å². The smallest absolute Gasteiger partial charge is 0.0645 e. The molecule has 2 aromatic heterocycles. The zero-order valence-corrected chi connectivity index (χ0v) is 34.1. The van der Waals surface area contributed by atoms with Crippen molar-refractivity contribution in [2.75, 3.05) is 9.80 Å². The molecule has 0 amide bonds. The first kappa shape index (κ1) is 35.8. The fourth-order valence-electron chi connectivity index (χ4n) is 9.74. The Kier molecular flexibility index (Phi) is 8.49. The van der Waals surface area contributed by atoms with Crippen LogP contribution in [-0.2, 0) is 11.8 Å². The van der Waals surface area contributed by atoms with Gasteiger partial charge in [0.2, 0.25) is 0 Å². The molecule has 1 aliphatic rings. The second-order valence-electron chi connectivity index (χ2n) is 16.8. The van der Waals surface area contributed by atoms with Crippen LogP contribution in [0.5, 0.6) is 0 Å². The molecule has 4 heteroatoms. The Bertz CT molecular complexity index is 3180. The molecule has 0 aliphatic heterocycles. The van der Waals surface area contributed by atoms with Gasteiger partial charge in [-0.1, -0.05) is 111 Å². The third-order valence-electron chi connectivity index (χ3n) is 12.7. The van der Waals surface area contributed by atoms with Crippen molar-refractivity contribution in [3.8, 4) is 22.3 Å². The van der Waals surface area contributed by atoms with E-state index in [0.29, 0.717) is 0 Å². The van der Waals surface area contributed by atoms with Crippen molar-refractivity contribution >= 4 is 66.4 Å². The molecule has 0 atom stereocenters. The van der Waals surface area contributed by atoms with Crippen molar-refractivity contribution in [2.45, 2.75) is 39.0 Å². The number of rotatable bonds is 8. The second-order valence-corrected chi connectivity index (χ2v) is 16.8. The molecule has 11 rings (SSSR count). The molecule has 0 unspecified atom stereocenters. The van der Waals surface area contributed by atoms with E-state index in [9.17, 15) is 0 Å². The SMILES string of the molecule is Cc1cc(N(c2cccnc2)c2cccc(-c3ccccc3)c2)c2cc3c4c(cc(N(c5cccnc5)c5cccc(-c6ccccc6)c5)c5ccc1c2c54)CCC3(C)C. The molecule has 8 aromatic carbocycles. The summed E-state index contributed by atoms with van der Waals surface area (Å²) in [4.78, 5) is 14.2. The van der Waals surface area contributed by atoms with Gasteiger partial charge in [-0.15, -0.1) is 0 Å². The fraction of sp³-hybridized carbons (Fsp3) is 0.107. The van der Waals surface area contributed by atoms with Crippen LogP contribution in [-0.4, -0.2) is 9.97 Å². The van der Waals surface area contributed by atoms with Gasteiger partial charge in [-0.25, -0.2) is 0 Å². The average molecular weight is 773 g/mol. The Labute approximate surface area is 351 Å². The third kappa shape index (κ3) is 5.90. The molecule has 0 fully saturated rings. The van der Waals surface area contributed by atoms with Gasteiger partial charge in [-0.2, -0.15) is 0 Å². The first-order valence-corrected chi connectivity index (χ1v) is 20.9. The lowest BCUT2D eigenvalue weighted by atomic mass is 9.70. The van der Waals surface area contributed by atoms with E-state index in [4.69, 9.17) is 0 Å². The molecule has 0 bridgehead atoms. The molecule has 1 aliphatic carbocycles. The maximum absolute atomic E-state index is 4.66. The van der Waals surface area contributed by atoms with E-state index in [1.54, 1.807) is 0 Å². The van der Waals surface area contributed by atoms with Gasteiger partial charge >= 0.3 is 0 Å². The van der Waals surface area contributed by atoms with Crippen LogP contribution in [0, 0.1) is 6.92 Å². The van der Waals surface area contributed by atoms with Crippen LogP contribution in [0.4, 0.5) is 34.1 Å². The van der Waals surface area contributed by atoms with Crippen molar-refractivity contribution in [3.63, 3.8) is 0 Å². The van der Waals surface area contributed by atoms with Gasteiger partial charge in [-0.05, 0) is 147 Å². The largest absolute Gasteiger partial charge is 0.308 e. The van der Waals surface area contributed by atoms with Crippen LogP contribution in [0.15, 0.2) is 189 Å². The number of benzene rings is 8. The molecule has 0 spiro atoms. The summed E-state index contributed by atoms with van der Waals surface area (Å²) < 4.78 is 0. The topological polar surface area (TPSA) is 32.3 Å². The number of hydrogen-bond acceptors (Lipinski definition) is 4. The number of aryl methyl sites for hydroxylation is 2. The van der Waals surface area contributed by atoms with Gasteiger partial charge in [0.1, 0.15) is 0 Å². The molecule has 0 radical (unpaired) electrons. The average Bonchev–Trinajstić information content (AvgIpc) is 3.30. The van der Waals surface area contributed by atoms with Crippen molar-refractivity contribution in [3.05, 3.63) is 205 Å². The Morgan fingerprint density at radius 1 is 0.450 bits per heavy atom. The summed E-state index contributed by atoms with van der Waals surface area (Å²) in [5, 5.41) is 7.80. The Balaban J connectivity index is 1.22. The van der Waals surface area contributed by atoms with E-state index in [-0.39, 0.29) is 5.41 Å². The lowest BCUT2D eigenvalue weighted by molar-refractivity contribution is 0.475. The Morgan fingerprint density at radius 2 is 0.983 bits per heavy atom. The Hall–Kier alpha value is -7.30. The molecular weight excluding hydrogens is 729 g/mol. The fourth-order valence-corrected chi connectivity index (χ4v) is 9.74. The number of hydrogen-bond donors (Lipinski definition) is 0. The summed E-state index contributed by atoms with van der Waals surface area (Å²) in [7, 11) is 0. The minimum Gasteiger partial charge on any atom is -0.308 e. The molecule has 0 saturated heterocycles. The highest BCUT2D eigenvalue weighted by molar-refractivity contribution is 6.30. The van der Waals surface area contributed by atoms with E-state index >= 15 is 0 Å². The zero-order valence-electron chi connectivity index (χ0n) is 34.1. The first-order chi connectivity index (χ1) is 29.4. The highest BCUT2D eigenvalue weighted by atomic mass is 15.2. The standard InChI is InChI=1S/C56H44N4/c1-37-30-51(59(45-22-12-28-57-35-45)43-20-10-18-40(31-43)38-14-6-4-7-15-38)49-34-50-53-42(26-27-56(50,2)3)33-52(48-25-24-47(37)54(49)55(48)53)60(46-23-13-29-58-36-46)44-21-11-19-41(32-44)39-16-8-5-9-17-39/h4-25,28-36H,26-27H2,1-3H3. The third-order valence-corrected chi connectivity index (χ3v) is 12.7. The zero-order chi connectivity index (χ0) is 40.4. The molecule has 2 heterocycles. The first-order valence-electron chi connectivity index (χ1n) is 20.9. The summed E-state index contributed by atoms with van der Waals surface area (Å²) in [5.74, 6) is 0. The molecule has 0 N–H and O–H groups in total. The molecule has 0 saturated carbocycles. The van der Waals surface area contributed by atoms with E-state index < -0.39 is 0 Å².